The van der Waals surface area contributed by atoms with Crippen molar-refractivity contribution >= 4 is 24.2 Å². The number of hydrogen-bond donors (Lipinski definition) is 1. The summed E-state index contributed by atoms with van der Waals surface area (Å²) in [6, 6.07) is 0. The van der Waals surface area contributed by atoms with Gasteiger partial charge in [0.05, 0.1) is 5.54 Å². The third-order valence-electron chi connectivity index (χ3n) is 5.97. The summed E-state index contributed by atoms with van der Waals surface area (Å²) in [5.41, 5.74) is 5.79. The van der Waals surface area contributed by atoms with Crippen LogP contribution in [0.25, 0.3) is 0 Å². The molecule has 3 rings (SSSR count). The standard InChI is InChI=1S/C18H31N3O2.ClH/c19-18(9-3-1-4-10-18)17(23)20-12-7-15(8-13-20)14-21-11-5-2-6-16(21)22;/h15H,1-14,19H2;1H. The van der Waals surface area contributed by atoms with E-state index in [-0.39, 0.29) is 18.3 Å². The Bertz CT molecular complexity index is 444. The number of carbonyl (C=O) groups is 2. The summed E-state index contributed by atoms with van der Waals surface area (Å²) in [6.07, 6.45) is 9.95. The lowest BCUT2D eigenvalue weighted by molar-refractivity contribution is -0.140. The molecule has 1 saturated carbocycles. The maximum absolute atomic E-state index is 12.8. The Morgan fingerprint density at radius 1 is 1.04 bits per heavy atom. The van der Waals surface area contributed by atoms with Crippen molar-refractivity contribution in [1.82, 2.24) is 9.80 Å². The van der Waals surface area contributed by atoms with Crippen molar-refractivity contribution in [3.8, 4) is 0 Å². The molecule has 0 unspecified atom stereocenters. The number of nitrogens with two attached hydrogens (primary N) is 1. The average Bonchev–Trinajstić information content (AvgIpc) is 2.58. The van der Waals surface area contributed by atoms with E-state index in [4.69, 9.17) is 5.73 Å². The molecule has 0 atom stereocenters. The number of nitrogens with zero attached hydrogens (tertiary/aromatic N) is 2. The highest BCUT2D eigenvalue weighted by atomic mass is 35.5. The van der Waals surface area contributed by atoms with Gasteiger partial charge in [0.15, 0.2) is 0 Å². The third-order valence-corrected chi connectivity index (χ3v) is 5.97. The Morgan fingerprint density at radius 2 is 1.71 bits per heavy atom. The van der Waals surface area contributed by atoms with Crippen molar-refractivity contribution in [1.29, 1.82) is 0 Å². The van der Waals surface area contributed by atoms with E-state index in [1.165, 1.54) is 6.42 Å². The van der Waals surface area contributed by atoms with Crippen LogP contribution in [0, 0.1) is 5.92 Å². The summed E-state index contributed by atoms with van der Waals surface area (Å²) in [5, 5.41) is 0. The highest BCUT2D eigenvalue weighted by Crippen LogP contribution is 2.29. The normalized spacial score (nSPS) is 25.3. The highest BCUT2D eigenvalue weighted by Gasteiger charge is 2.39. The minimum absolute atomic E-state index is 0. The molecule has 0 radical (unpaired) electrons. The molecule has 2 aliphatic heterocycles. The predicted molar refractivity (Wildman–Crippen MR) is 97.0 cm³/mol. The maximum Gasteiger partial charge on any atom is 0.242 e. The van der Waals surface area contributed by atoms with E-state index in [1.54, 1.807) is 0 Å². The van der Waals surface area contributed by atoms with Crippen molar-refractivity contribution in [2.75, 3.05) is 26.2 Å². The lowest BCUT2D eigenvalue weighted by Gasteiger charge is -2.41. The van der Waals surface area contributed by atoms with Gasteiger partial charge in [0, 0.05) is 32.6 Å². The number of likely N-dealkylation sites (tertiary alicyclic amines) is 2. The summed E-state index contributed by atoms with van der Waals surface area (Å²) in [4.78, 5) is 28.7. The topological polar surface area (TPSA) is 66.6 Å². The molecule has 3 fully saturated rings. The molecule has 2 N–H and O–H groups in total. The quantitative estimate of drug-likeness (QED) is 0.842. The van der Waals surface area contributed by atoms with E-state index < -0.39 is 5.54 Å². The zero-order valence-corrected chi connectivity index (χ0v) is 15.5. The molecule has 24 heavy (non-hydrogen) atoms. The minimum atomic E-state index is -0.603. The van der Waals surface area contributed by atoms with Gasteiger partial charge in [-0.05, 0) is 44.4 Å². The zero-order chi connectivity index (χ0) is 16.3. The van der Waals surface area contributed by atoms with E-state index in [1.807, 2.05) is 9.80 Å². The average molecular weight is 358 g/mol. The van der Waals surface area contributed by atoms with Crippen molar-refractivity contribution < 1.29 is 9.59 Å². The molecule has 0 aromatic carbocycles. The Kier molecular flexibility index (Phi) is 6.93. The number of amides is 2. The summed E-state index contributed by atoms with van der Waals surface area (Å²) in [5.74, 6) is 1.03. The first-order chi connectivity index (χ1) is 11.1. The fourth-order valence-electron chi connectivity index (χ4n) is 4.40. The van der Waals surface area contributed by atoms with Crippen LogP contribution in [0.5, 0.6) is 0 Å². The van der Waals surface area contributed by atoms with Crippen LogP contribution >= 0.6 is 12.4 Å². The molecule has 2 saturated heterocycles. The van der Waals surface area contributed by atoms with Crippen LogP contribution in [-0.2, 0) is 9.59 Å². The van der Waals surface area contributed by atoms with Gasteiger partial charge in [-0.3, -0.25) is 9.59 Å². The smallest absolute Gasteiger partial charge is 0.242 e. The largest absolute Gasteiger partial charge is 0.342 e. The monoisotopic (exact) mass is 357 g/mol. The highest BCUT2D eigenvalue weighted by molar-refractivity contribution is 5.86. The number of rotatable bonds is 3. The molecule has 3 aliphatic rings. The summed E-state index contributed by atoms with van der Waals surface area (Å²) < 4.78 is 0. The second-order valence-corrected chi connectivity index (χ2v) is 7.75. The molecule has 2 amide bonds. The lowest BCUT2D eigenvalue weighted by atomic mass is 9.81. The first-order valence-corrected chi connectivity index (χ1v) is 9.44. The van der Waals surface area contributed by atoms with Crippen LogP contribution in [0.4, 0.5) is 0 Å². The number of carbonyl (C=O) groups excluding carboxylic acids is 2. The van der Waals surface area contributed by atoms with Crippen LogP contribution in [0.1, 0.15) is 64.2 Å². The second-order valence-electron chi connectivity index (χ2n) is 7.75. The van der Waals surface area contributed by atoms with Crippen LogP contribution in [0.3, 0.4) is 0 Å². The molecule has 138 valence electrons. The van der Waals surface area contributed by atoms with Crippen LogP contribution in [-0.4, -0.2) is 53.3 Å². The number of halogens is 1. The maximum atomic E-state index is 12.8. The van der Waals surface area contributed by atoms with Crippen molar-refractivity contribution in [2.45, 2.75) is 69.7 Å². The van der Waals surface area contributed by atoms with E-state index in [9.17, 15) is 9.59 Å². The zero-order valence-electron chi connectivity index (χ0n) is 14.7. The van der Waals surface area contributed by atoms with Gasteiger partial charge >= 0.3 is 0 Å². The molecule has 0 aromatic rings. The minimum Gasteiger partial charge on any atom is -0.342 e. The summed E-state index contributed by atoms with van der Waals surface area (Å²) >= 11 is 0. The van der Waals surface area contributed by atoms with Crippen molar-refractivity contribution in [3.05, 3.63) is 0 Å². The predicted octanol–water partition coefficient (Wildman–Crippen LogP) is 2.32. The molecule has 2 heterocycles. The Morgan fingerprint density at radius 3 is 2.33 bits per heavy atom. The van der Waals surface area contributed by atoms with Gasteiger partial charge in [0.25, 0.3) is 0 Å². The van der Waals surface area contributed by atoms with E-state index in [2.05, 4.69) is 0 Å². The van der Waals surface area contributed by atoms with E-state index >= 15 is 0 Å². The van der Waals surface area contributed by atoms with Gasteiger partial charge in [-0.2, -0.15) is 0 Å². The molecular weight excluding hydrogens is 326 g/mol. The Hall–Kier alpha value is -0.810. The van der Waals surface area contributed by atoms with E-state index in [0.29, 0.717) is 18.2 Å². The van der Waals surface area contributed by atoms with Gasteiger partial charge < -0.3 is 15.5 Å². The van der Waals surface area contributed by atoms with Gasteiger partial charge in [0.1, 0.15) is 0 Å². The van der Waals surface area contributed by atoms with Gasteiger partial charge in [-0.1, -0.05) is 19.3 Å². The lowest BCUT2D eigenvalue weighted by Crippen LogP contribution is -2.58. The molecule has 0 aromatic heterocycles. The summed E-state index contributed by atoms with van der Waals surface area (Å²) in [6.45, 7) is 3.42. The first kappa shape index (κ1) is 19.5. The second kappa shape index (κ2) is 8.52. The third kappa shape index (κ3) is 4.42. The van der Waals surface area contributed by atoms with Crippen LogP contribution < -0.4 is 5.73 Å². The summed E-state index contributed by atoms with van der Waals surface area (Å²) in [7, 11) is 0. The molecular formula is C18H32ClN3O2. The number of hydrogen-bond acceptors (Lipinski definition) is 3. The molecule has 6 heteroatoms. The van der Waals surface area contributed by atoms with Crippen LogP contribution in [0.15, 0.2) is 0 Å². The van der Waals surface area contributed by atoms with Crippen molar-refractivity contribution in [3.63, 3.8) is 0 Å². The van der Waals surface area contributed by atoms with Crippen molar-refractivity contribution in [2.24, 2.45) is 11.7 Å². The first-order valence-electron chi connectivity index (χ1n) is 9.44. The molecule has 5 nitrogen and oxygen atoms in total. The van der Waals surface area contributed by atoms with Gasteiger partial charge in [0.2, 0.25) is 11.8 Å². The Balaban J connectivity index is 0.00000208. The number of piperidine rings is 2. The molecule has 0 spiro atoms. The fraction of sp³-hybridized carbons (Fsp3) is 0.889. The Labute approximate surface area is 151 Å². The van der Waals surface area contributed by atoms with Gasteiger partial charge in [-0.15, -0.1) is 12.4 Å². The fourth-order valence-corrected chi connectivity index (χ4v) is 4.40. The van der Waals surface area contributed by atoms with E-state index in [0.717, 1.165) is 77.5 Å². The molecule has 1 aliphatic carbocycles. The van der Waals surface area contributed by atoms with Crippen LogP contribution in [0.2, 0.25) is 0 Å². The SMILES string of the molecule is Cl.NC1(C(=O)N2CCC(CN3CCCCC3=O)CC2)CCCCC1. The van der Waals surface area contributed by atoms with Gasteiger partial charge in [-0.25, -0.2) is 0 Å². The molecule has 0 bridgehead atoms.